The van der Waals surface area contributed by atoms with Crippen LogP contribution in [0.5, 0.6) is 0 Å². The van der Waals surface area contributed by atoms with Gasteiger partial charge < -0.3 is 4.74 Å². The molecule has 2 nitrogen and oxygen atoms in total. The first kappa shape index (κ1) is 13.1. The largest absolute Gasteiger partial charge is 0.352 e. The number of rotatable bonds is 0. The zero-order valence-corrected chi connectivity index (χ0v) is 10.0. The fraction of sp³-hybridized carbons (Fsp3) is 0.786. The van der Waals surface area contributed by atoms with Crippen molar-refractivity contribution in [2.45, 2.75) is 63.9 Å². The lowest BCUT2D eigenvalue weighted by atomic mass is 10.1. The summed E-state index contributed by atoms with van der Waals surface area (Å²) in [6.07, 6.45) is 10.4. The predicted molar refractivity (Wildman–Crippen MR) is 64.7 cm³/mol. The molecule has 0 amide bonds. The minimum absolute atomic E-state index is 0.511. The molecule has 0 saturated carbocycles. The highest BCUT2D eigenvalue weighted by Crippen LogP contribution is 2.10. The molecule has 88 valence electrons. The van der Waals surface area contributed by atoms with Gasteiger partial charge in [0, 0.05) is 13.0 Å². The van der Waals surface area contributed by atoms with E-state index in [9.17, 15) is 0 Å². The van der Waals surface area contributed by atoms with Gasteiger partial charge in [-0.15, -0.1) is 0 Å². The van der Waals surface area contributed by atoms with Crippen LogP contribution in [0.25, 0.3) is 0 Å². The quantitative estimate of drug-likeness (QED) is 0.585. The summed E-state index contributed by atoms with van der Waals surface area (Å²) in [5, 5.41) is 8.82. The van der Waals surface area contributed by atoms with Crippen LogP contribution < -0.4 is 0 Å². The molecule has 0 aromatic heterocycles. The van der Waals surface area contributed by atoms with Gasteiger partial charge in [0.15, 0.2) is 0 Å². The molecule has 0 bridgehead atoms. The third kappa shape index (κ3) is 6.49. The van der Waals surface area contributed by atoms with Gasteiger partial charge in [-0.3, -0.25) is 0 Å². The van der Waals surface area contributed by atoms with Crippen molar-refractivity contribution in [3.8, 4) is 17.9 Å². The van der Waals surface area contributed by atoms with Gasteiger partial charge in [0.25, 0.3) is 0 Å². The van der Waals surface area contributed by atoms with E-state index in [0.29, 0.717) is 6.61 Å². The molecule has 0 aromatic carbocycles. The molecule has 0 saturated heterocycles. The highest BCUT2D eigenvalue weighted by atomic mass is 16.5. The molecule has 0 radical (unpaired) electrons. The molecular formula is C14H21NO. The predicted octanol–water partition coefficient (Wildman–Crippen LogP) is 3.42. The molecule has 0 aliphatic carbocycles. The van der Waals surface area contributed by atoms with Crippen molar-refractivity contribution in [2.24, 2.45) is 0 Å². The summed E-state index contributed by atoms with van der Waals surface area (Å²) in [4.78, 5) is 0. The highest BCUT2D eigenvalue weighted by molar-refractivity contribution is 5.13. The Hall–Kier alpha value is -0.990. The van der Waals surface area contributed by atoms with Crippen LogP contribution in [0.15, 0.2) is 0 Å². The molecule has 1 aliphatic rings. The minimum Gasteiger partial charge on any atom is -0.352 e. The van der Waals surface area contributed by atoms with Crippen LogP contribution >= 0.6 is 0 Å². The maximum Gasteiger partial charge on any atom is 0.205 e. The van der Waals surface area contributed by atoms with Crippen molar-refractivity contribution in [1.29, 1.82) is 5.26 Å². The second-order valence-electron chi connectivity index (χ2n) is 4.28. The number of nitriles is 1. The van der Waals surface area contributed by atoms with Crippen LogP contribution in [0, 0.1) is 23.2 Å². The topological polar surface area (TPSA) is 33.0 Å². The average Bonchev–Trinajstić information content (AvgIpc) is 2.32. The van der Waals surface area contributed by atoms with Crippen LogP contribution in [-0.4, -0.2) is 12.7 Å². The fourth-order valence-corrected chi connectivity index (χ4v) is 1.85. The maximum absolute atomic E-state index is 8.82. The van der Waals surface area contributed by atoms with Crippen LogP contribution in [-0.2, 0) is 4.74 Å². The van der Waals surface area contributed by atoms with Crippen molar-refractivity contribution in [3.05, 3.63) is 0 Å². The lowest BCUT2D eigenvalue weighted by Crippen LogP contribution is -2.08. The van der Waals surface area contributed by atoms with Crippen molar-refractivity contribution in [2.75, 3.05) is 6.61 Å². The Morgan fingerprint density at radius 1 is 0.938 bits per heavy atom. The lowest BCUT2D eigenvalue weighted by Gasteiger charge is -2.06. The van der Waals surface area contributed by atoms with Gasteiger partial charge in [-0.1, -0.05) is 50.4 Å². The lowest BCUT2D eigenvalue weighted by molar-refractivity contribution is 0.121. The zero-order chi connectivity index (χ0) is 11.5. The Morgan fingerprint density at radius 3 is 2.25 bits per heavy atom. The van der Waals surface area contributed by atoms with E-state index in [1.807, 2.05) is 0 Å². The molecule has 0 fully saturated rings. The number of hydrogen-bond acceptors (Lipinski definition) is 2. The van der Waals surface area contributed by atoms with Crippen LogP contribution in [0.3, 0.4) is 0 Å². The van der Waals surface area contributed by atoms with Crippen molar-refractivity contribution < 1.29 is 4.74 Å². The summed E-state index contributed by atoms with van der Waals surface area (Å²) < 4.78 is 5.40. The maximum atomic E-state index is 8.82. The molecule has 1 unspecified atom stereocenters. The number of hydrogen-bond donors (Lipinski definition) is 0. The van der Waals surface area contributed by atoms with Crippen molar-refractivity contribution in [3.63, 3.8) is 0 Å². The highest BCUT2D eigenvalue weighted by Gasteiger charge is 2.02. The average molecular weight is 219 g/mol. The molecule has 1 rings (SSSR count). The van der Waals surface area contributed by atoms with E-state index < -0.39 is 6.10 Å². The summed E-state index contributed by atoms with van der Waals surface area (Å²) in [6.45, 7) is 0.674. The molecule has 16 heavy (non-hydrogen) atoms. The van der Waals surface area contributed by atoms with Crippen LogP contribution in [0.4, 0.5) is 0 Å². The van der Waals surface area contributed by atoms with E-state index >= 15 is 0 Å². The smallest absolute Gasteiger partial charge is 0.205 e. The summed E-state index contributed by atoms with van der Waals surface area (Å²) in [7, 11) is 0. The van der Waals surface area contributed by atoms with E-state index in [1.165, 1.54) is 38.5 Å². The Morgan fingerprint density at radius 2 is 1.56 bits per heavy atom. The van der Waals surface area contributed by atoms with Gasteiger partial charge in [-0.25, -0.2) is 0 Å². The Kier molecular flexibility index (Phi) is 7.56. The van der Waals surface area contributed by atoms with Gasteiger partial charge in [0.05, 0.1) is 0 Å². The van der Waals surface area contributed by atoms with Gasteiger partial charge in [0.2, 0.25) is 6.10 Å². The normalized spacial score (nSPS) is 24.6. The molecule has 0 spiro atoms. The first-order chi connectivity index (χ1) is 7.93. The van der Waals surface area contributed by atoms with Gasteiger partial charge >= 0.3 is 0 Å². The standard InChI is InChI=1S/C14H21NO/c15-13-14-11-9-7-5-3-1-2-4-6-8-10-12-16-14/h14H,1-8,10,12H2. The fourth-order valence-electron chi connectivity index (χ4n) is 1.85. The molecule has 1 atom stereocenters. The molecule has 2 heteroatoms. The Balaban J connectivity index is 2.33. The van der Waals surface area contributed by atoms with E-state index in [-0.39, 0.29) is 0 Å². The summed E-state index contributed by atoms with van der Waals surface area (Å²) in [5.41, 5.74) is 0. The second kappa shape index (κ2) is 9.25. The zero-order valence-electron chi connectivity index (χ0n) is 10.0. The molecular weight excluding hydrogens is 198 g/mol. The van der Waals surface area contributed by atoms with E-state index in [0.717, 1.165) is 19.3 Å². The first-order valence-corrected chi connectivity index (χ1v) is 6.43. The second-order valence-corrected chi connectivity index (χ2v) is 4.28. The third-order valence-corrected chi connectivity index (χ3v) is 2.83. The van der Waals surface area contributed by atoms with Gasteiger partial charge in [-0.2, -0.15) is 5.26 Å². The van der Waals surface area contributed by atoms with E-state index in [4.69, 9.17) is 10.00 Å². The molecule has 1 heterocycles. The summed E-state index contributed by atoms with van der Waals surface area (Å²) in [5.74, 6) is 5.93. The van der Waals surface area contributed by atoms with Gasteiger partial charge in [-0.05, 0) is 12.8 Å². The SMILES string of the molecule is N#CC1C#CCCCCCCCCCCO1. The van der Waals surface area contributed by atoms with Crippen LogP contribution in [0.2, 0.25) is 0 Å². The van der Waals surface area contributed by atoms with Crippen molar-refractivity contribution >= 4 is 0 Å². The summed E-state index contributed by atoms with van der Waals surface area (Å²) >= 11 is 0. The number of nitrogens with zero attached hydrogens (tertiary/aromatic N) is 1. The monoisotopic (exact) mass is 219 g/mol. The van der Waals surface area contributed by atoms with Crippen LogP contribution in [0.1, 0.15) is 57.8 Å². The molecule has 0 N–H and O–H groups in total. The van der Waals surface area contributed by atoms with E-state index in [2.05, 4.69) is 17.9 Å². The van der Waals surface area contributed by atoms with Crippen molar-refractivity contribution in [1.82, 2.24) is 0 Å². The third-order valence-electron chi connectivity index (χ3n) is 2.83. The first-order valence-electron chi connectivity index (χ1n) is 6.43. The Labute approximate surface area is 99.0 Å². The van der Waals surface area contributed by atoms with E-state index in [1.54, 1.807) is 0 Å². The minimum atomic E-state index is -0.511. The number of ether oxygens (including phenoxy) is 1. The summed E-state index contributed by atoms with van der Waals surface area (Å²) in [6, 6.07) is 2.09. The molecule has 0 aromatic rings. The van der Waals surface area contributed by atoms with Gasteiger partial charge in [0.1, 0.15) is 6.07 Å². The Bertz CT molecular complexity index is 269. The molecule has 1 aliphatic heterocycles.